The minimum Gasteiger partial charge on any atom is -0.422 e. The second kappa shape index (κ2) is 5.15. The third kappa shape index (κ3) is 2.55. The van der Waals surface area contributed by atoms with Crippen molar-refractivity contribution >= 4 is 5.69 Å². The highest BCUT2D eigenvalue weighted by Gasteiger charge is 2.09. The van der Waals surface area contributed by atoms with Crippen molar-refractivity contribution in [1.82, 2.24) is 9.97 Å². The highest BCUT2D eigenvalue weighted by Crippen LogP contribution is 2.30. The maximum atomic E-state index is 8.91. The lowest BCUT2D eigenvalue weighted by atomic mass is 10.2. The molecule has 0 aliphatic rings. The van der Waals surface area contributed by atoms with E-state index in [-0.39, 0.29) is 6.01 Å². The summed E-state index contributed by atoms with van der Waals surface area (Å²) < 4.78 is 5.60. The van der Waals surface area contributed by atoms with Gasteiger partial charge in [0.15, 0.2) is 5.75 Å². The second-order valence-electron chi connectivity index (χ2n) is 3.82. The third-order valence-electron chi connectivity index (χ3n) is 2.31. The van der Waals surface area contributed by atoms with Crippen LogP contribution in [0.5, 0.6) is 11.8 Å². The van der Waals surface area contributed by atoms with Crippen molar-refractivity contribution < 1.29 is 4.74 Å². The van der Waals surface area contributed by atoms with Gasteiger partial charge >= 0.3 is 6.01 Å². The van der Waals surface area contributed by atoms with E-state index in [1.807, 2.05) is 25.1 Å². The van der Waals surface area contributed by atoms with E-state index in [1.165, 1.54) is 0 Å². The van der Waals surface area contributed by atoms with Crippen molar-refractivity contribution in [3.05, 3.63) is 42.2 Å². The Bertz CT molecular complexity index is 575. The summed E-state index contributed by atoms with van der Waals surface area (Å²) in [4.78, 5) is 9.89. The minimum atomic E-state index is 0.260. The average Bonchev–Trinajstić information content (AvgIpc) is 2.39. The molecule has 0 fully saturated rings. The van der Waals surface area contributed by atoms with Gasteiger partial charge in [0.25, 0.3) is 0 Å². The molecule has 1 heterocycles. The van der Waals surface area contributed by atoms with Gasteiger partial charge in [0.2, 0.25) is 0 Å². The molecule has 5 nitrogen and oxygen atoms in total. The first kappa shape index (κ1) is 11.9. The van der Waals surface area contributed by atoms with E-state index in [1.54, 1.807) is 30.6 Å². The van der Waals surface area contributed by atoms with E-state index in [4.69, 9.17) is 10.00 Å². The van der Waals surface area contributed by atoms with Gasteiger partial charge in [0.1, 0.15) is 0 Å². The molecule has 2 aromatic rings. The molecule has 0 unspecified atom stereocenters. The zero-order valence-electron chi connectivity index (χ0n) is 10.2. The maximum absolute atomic E-state index is 8.91. The molecule has 0 bridgehead atoms. The lowest BCUT2D eigenvalue weighted by Gasteiger charge is -2.16. The van der Waals surface area contributed by atoms with Crippen molar-refractivity contribution in [2.24, 2.45) is 0 Å². The predicted molar refractivity (Wildman–Crippen MR) is 67.6 cm³/mol. The molecular formula is C13H12N4O. The molecule has 90 valence electrons. The number of rotatable bonds is 3. The van der Waals surface area contributed by atoms with E-state index < -0.39 is 0 Å². The van der Waals surface area contributed by atoms with Gasteiger partial charge in [-0.05, 0) is 18.2 Å². The molecule has 1 aromatic heterocycles. The van der Waals surface area contributed by atoms with Crippen molar-refractivity contribution in [2.45, 2.75) is 0 Å². The van der Waals surface area contributed by atoms with Crippen LogP contribution in [0.2, 0.25) is 0 Å². The van der Waals surface area contributed by atoms with Crippen LogP contribution in [0.15, 0.2) is 36.7 Å². The van der Waals surface area contributed by atoms with Crippen LogP contribution in [0.1, 0.15) is 5.56 Å². The number of hydrogen-bond donors (Lipinski definition) is 0. The molecule has 0 N–H and O–H groups in total. The molecular weight excluding hydrogens is 228 g/mol. The second-order valence-corrected chi connectivity index (χ2v) is 3.82. The first-order chi connectivity index (χ1) is 8.70. The smallest absolute Gasteiger partial charge is 0.321 e. The van der Waals surface area contributed by atoms with E-state index in [9.17, 15) is 0 Å². The molecule has 0 aliphatic heterocycles. The molecule has 0 atom stereocenters. The van der Waals surface area contributed by atoms with Crippen molar-refractivity contribution in [2.75, 3.05) is 19.0 Å². The fourth-order valence-corrected chi connectivity index (χ4v) is 1.47. The Balaban J connectivity index is 2.39. The van der Waals surface area contributed by atoms with Gasteiger partial charge in [-0.1, -0.05) is 0 Å². The van der Waals surface area contributed by atoms with Crippen LogP contribution in [0.3, 0.4) is 0 Å². The number of benzene rings is 1. The number of anilines is 1. The van der Waals surface area contributed by atoms with E-state index >= 15 is 0 Å². The largest absolute Gasteiger partial charge is 0.422 e. The summed E-state index contributed by atoms with van der Waals surface area (Å²) in [6.45, 7) is 0. The van der Waals surface area contributed by atoms with Crippen LogP contribution in [-0.2, 0) is 0 Å². The molecule has 0 radical (unpaired) electrons. The van der Waals surface area contributed by atoms with Crippen molar-refractivity contribution in [3.8, 4) is 17.8 Å². The fraction of sp³-hybridized carbons (Fsp3) is 0.154. The number of aromatic nitrogens is 2. The van der Waals surface area contributed by atoms with Gasteiger partial charge < -0.3 is 9.64 Å². The first-order valence-electron chi connectivity index (χ1n) is 5.37. The summed E-state index contributed by atoms with van der Waals surface area (Å²) >= 11 is 0. The predicted octanol–water partition coefficient (Wildman–Crippen LogP) is 2.21. The van der Waals surface area contributed by atoms with Gasteiger partial charge in [-0.15, -0.1) is 0 Å². The van der Waals surface area contributed by atoms with Gasteiger partial charge in [0, 0.05) is 32.6 Å². The number of nitrogens with zero attached hydrogens (tertiary/aromatic N) is 4. The molecule has 18 heavy (non-hydrogen) atoms. The van der Waals surface area contributed by atoms with Gasteiger partial charge in [-0.3, -0.25) is 0 Å². The highest BCUT2D eigenvalue weighted by molar-refractivity contribution is 5.61. The monoisotopic (exact) mass is 240 g/mol. The molecule has 5 heteroatoms. The van der Waals surface area contributed by atoms with Crippen LogP contribution in [-0.4, -0.2) is 24.1 Å². The molecule has 0 amide bonds. The van der Waals surface area contributed by atoms with Crippen LogP contribution >= 0.6 is 0 Å². The summed E-state index contributed by atoms with van der Waals surface area (Å²) in [6.07, 6.45) is 3.21. The van der Waals surface area contributed by atoms with Gasteiger partial charge in [-0.2, -0.15) is 5.26 Å². The van der Waals surface area contributed by atoms with E-state index in [0.717, 1.165) is 5.69 Å². The SMILES string of the molecule is CN(C)c1ccc(C#N)cc1Oc1ncccn1. The number of nitriles is 1. The van der Waals surface area contributed by atoms with Crippen LogP contribution in [0.4, 0.5) is 5.69 Å². The maximum Gasteiger partial charge on any atom is 0.321 e. The lowest BCUT2D eigenvalue weighted by molar-refractivity contribution is 0.442. The normalized spacial score (nSPS) is 9.61. The summed E-state index contributed by atoms with van der Waals surface area (Å²) in [6, 6.07) is 9.30. The summed E-state index contributed by atoms with van der Waals surface area (Å²) in [7, 11) is 3.81. The molecule has 2 rings (SSSR count). The summed E-state index contributed by atoms with van der Waals surface area (Å²) in [5.41, 5.74) is 1.40. The average molecular weight is 240 g/mol. The molecule has 1 aromatic carbocycles. The number of hydrogen-bond acceptors (Lipinski definition) is 5. The number of ether oxygens (including phenoxy) is 1. The molecule has 0 spiro atoms. The van der Waals surface area contributed by atoms with Crippen LogP contribution in [0.25, 0.3) is 0 Å². The quantitative estimate of drug-likeness (QED) is 0.823. The standard InChI is InChI=1S/C13H12N4O/c1-17(2)11-5-4-10(9-14)8-12(11)18-13-15-6-3-7-16-13/h3-8H,1-2H3. The molecule has 0 saturated heterocycles. The Labute approximate surface area is 105 Å². The topological polar surface area (TPSA) is 62.0 Å². The van der Waals surface area contributed by atoms with Crippen molar-refractivity contribution in [3.63, 3.8) is 0 Å². The Hall–Kier alpha value is -2.61. The summed E-state index contributed by atoms with van der Waals surface area (Å²) in [5.74, 6) is 0.560. The Kier molecular flexibility index (Phi) is 3.39. The summed E-state index contributed by atoms with van der Waals surface area (Å²) in [5, 5.41) is 8.91. The Morgan fingerprint density at radius 1 is 1.22 bits per heavy atom. The van der Waals surface area contributed by atoms with Gasteiger partial charge in [0.05, 0.1) is 17.3 Å². The fourth-order valence-electron chi connectivity index (χ4n) is 1.47. The Morgan fingerprint density at radius 2 is 1.94 bits per heavy atom. The van der Waals surface area contributed by atoms with Crippen molar-refractivity contribution in [1.29, 1.82) is 5.26 Å². The third-order valence-corrected chi connectivity index (χ3v) is 2.31. The van der Waals surface area contributed by atoms with E-state index in [0.29, 0.717) is 11.3 Å². The van der Waals surface area contributed by atoms with Crippen LogP contribution < -0.4 is 9.64 Å². The minimum absolute atomic E-state index is 0.260. The molecule has 0 saturated carbocycles. The van der Waals surface area contributed by atoms with Crippen LogP contribution in [0, 0.1) is 11.3 Å². The highest BCUT2D eigenvalue weighted by atomic mass is 16.5. The van der Waals surface area contributed by atoms with E-state index in [2.05, 4.69) is 16.0 Å². The first-order valence-corrected chi connectivity index (χ1v) is 5.37. The van der Waals surface area contributed by atoms with Gasteiger partial charge in [-0.25, -0.2) is 9.97 Å². The lowest BCUT2D eigenvalue weighted by Crippen LogP contribution is -2.10. The molecule has 0 aliphatic carbocycles. The Morgan fingerprint density at radius 3 is 2.56 bits per heavy atom. The zero-order valence-corrected chi connectivity index (χ0v) is 10.2. The zero-order chi connectivity index (χ0) is 13.0.